The second-order valence-electron chi connectivity index (χ2n) is 5.13. The van der Waals surface area contributed by atoms with Gasteiger partial charge in [-0.3, -0.25) is 4.90 Å². The standard InChI is InChI=1S/C14H20N4O/c1-10(18-6-4-16-5-7-18)14(15)11-2-3-12-13(8-11)19-9-17-12/h2-3,8-10,14,16H,4-7,15H2,1H3. The molecule has 5 heteroatoms. The molecule has 0 spiro atoms. The number of benzene rings is 1. The number of hydrogen-bond acceptors (Lipinski definition) is 5. The van der Waals surface area contributed by atoms with Crippen molar-refractivity contribution < 1.29 is 4.42 Å². The Hall–Kier alpha value is -1.43. The predicted octanol–water partition coefficient (Wildman–Crippen LogP) is 1.12. The number of nitrogens with one attached hydrogen (secondary N) is 1. The van der Waals surface area contributed by atoms with Crippen molar-refractivity contribution in [3.05, 3.63) is 30.2 Å². The smallest absolute Gasteiger partial charge is 0.181 e. The molecule has 2 heterocycles. The maximum absolute atomic E-state index is 6.40. The fourth-order valence-electron chi connectivity index (χ4n) is 2.67. The Balaban J connectivity index is 1.79. The second-order valence-corrected chi connectivity index (χ2v) is 5.13. The van der Waals surface area contributed by atoms with Crippen molar-refractivity contribution in [1.29, 1.82) is 0 Å². The van der Waals surface area contributed by atoms with Crippen LogP contribution in [0.2, 0.25) is 0 Å². The van der Waals surface area contributed by atoms with E-state index in [-0.39, 0.29) is 6.04 Å². The van der Waals surface area contributed by atoms with Crippen LogP contribution in [0.3, 0.4) is 0 Å². The van der Waals surface area contributed by atoms with E-state index in [1.807, 2.05) is 18.2 Å². The Morgan fingerprint density at radius 1 is 1.37 bits per heavy atom. The van der Waals surface area contributed by atoms with Crippen LogP contribution in [0.1, 0.15) is 18.5 Å². The van der Waals surface area contributed by atoms with Gasteiger partial charge in [0.05, 0.1) is 0 Å². The first-order chi connectivity index (χ1) is 9.25. The monoisotopic (exact) mass is 260 g/mol. The van der Waals surface area contributed by atoms with Crippen molar-refractivity contribution >= 4 is 11.1 Å². The first-order valence-electron chi connectivity index (χ1n) is 6.79. The molecule has 1 aliphatic rings. The molecule has 0 bridgehead atoms. The highest BCUT2D eigenvalue weighted by Gasteiger charge is 2.23. The third-order valence-corrected chi connectivity index (χ3v) is 3.99. The molecule has 102 valence electrons. The lowest BCUT2D eigenvalue weighted by Crippen LogP contribution is -2.50. The molecule has 3 rings (SSSR count). The molecule has 2 atom stereocenters. The average Bonchev–Trinajstić information content (AvgIpc) is 2.94. The lowest BCUT2D eigenvalue weighted by molar-refractivity contribution is 0.163. The van der Waals surface area contributed by atoms with Crippen molar-refractivity contribution in [3.8, 4) is 0 Å². The molecule has 0 radical (unpaired) electrons. The molecule has 1 aromatic heterocycles. The van der Waals surface area contributed by atoms with Gasteiger partial charge in [0.1, 0.15) is 5.52 Å². The second kappa shape index (κ2) is 5.28. The van der Waals surface area contributed by atoms with Gasteiger partial charge in [0.15, 0.2) is 12.0 Å². The number of oxazole rings is 1. The lowest BCUT2D eigenvalue weighted by Gasteiger charge is -2.36. The molecule has 1 aromatic carbocycles. The highest BCUT2D eigenvalue weighted by molar-refractivity contribution is 5.72. The van der Waals surface area contributed by atoms with Crippen LogP contribution in [0, 0.1) is 0 Å². The summed E-state index contributed by atoms with van der Waals surface area (Å²) >= 11 is 0. The zero-order valence-corrected chi connectivity index (χ0v) is 11.2. The summed E-state index contributed by atoms with van der Waals surface area (Å²) in [4.78, 5) is 6.56. The fourth-order valence-corrected chi connectivity index (χ4v) is 2.67. The van der Waals surface area contributed by atoms with Gasteiger partial charge in [-0.05, 0) is 24.6 Å². The van der Waals surface area contributed by atoms with Gasteiger partial charge in [-0.2, -0.15) is 0 Å². The maximum atomic E-state index is 6.40. The molecule has 2 aromatic rings. The van der Waals surface area contributed by atoms with E-state index >= 15 is 0 Å². The van der Waals surface area contributed by atoms with E-state index < -0.39 is 0 Å². The number of aromatic nitrogens is 1. The summed E-state index contributed by atoms with van der Waals surface area (Å²) in [5.74, 6) is 0. The summed E-state index contributed by atoms with van der Waals surface area (Å²) in [6, 6.07) is 6.34. The van der Waals surface area contributed by atoms with Gasteiger partial charge < -0.3 is 15.5 Å². The van der Waals surface area contributed by atoms with Crippen molar-refractivity contribution in [2.45, 2.75) is 19.0 Å². The van der Waals surface area contributed by atoms with E-state index in [4.69, 9.17) is 10.2 Å². The highest BCUT2D eigenvalue weighted by atomic mass is 16.3. The molecule has 2 unspecified atom stereocenters. The van der Waals surface area contributed by atoms with E-state index in [9.17, 15) is 0 Å². The molecule has 1 saturated heterocycles. The van der Waals surface area contributed by atoms with Crippen LogP contribution >= 0.6 is 0 Å². The Morgan fingerprint density at radius 2 is 2.16 bits per heavy atom. The summed E-state index contributed by atoms with van der Waals surface area (Å²) in [7, 11) is 0. The normalized spacial score (nSPS) is 20.5. The first-order valence-corrected chi connectivity index (χ1v) is 6.79. The first kappa shape index (κ1) is 12.6. The van der Waals surface area contributed by atoms with Gasteiger partial charge in [0, 0.05) is 38.3 Å². The van der Waals surface area contributed by atoms with E-state index in [0.717, 1.165) is 42.8 Å². The zero-order chi connectivity index (χ0) is 13.2. The minimum atomic E-state index is -0.00685. The average molecular weight is 260 g/mol. The molecule has 19 heavy (non-hydrogen) atoms. The van der Waals surface area contributed by atoms with E-state index in [1.165, 1.54) is 6.39 Å². The molecular weight excluding hydrogens is 240 g/mol. The zero-order valence-electron chi connectivity index (χ0n) is 11.2. The number of nitrogens with two attached hydrogens (primary N) is 1. The van der Waals surface area contributed by atoms with Gasteiger partial charge in [-0.25, -0.2) is 4.98 Å². The van der Waals surface area contributed by atoms with E-state index in [2.05, 4.69) is 22.1 Å². The minimum Gasteiger partial charge on any atom is -0.443 e. The molecule has 3 N–H and O–H groups in total. The SMILES string of the molecule is CC(C(N)c1ccc2ncoc2c1)N1CCNCC1. The summed E-state index contributed by atoms with van der Waals surface area (Å²) in [6.07, 6.45) is 1.47. The van der Waals surface area contributed by atoms with Crippen LogP contribution in [-0.2, 0) is 0 Å². The van der Waals surface area contributed by atoms with Gasteiger partial charge in [-0.15, -0.1) is 0 Å². The van der Waals surface area contributed by atoms with Gasteiger partial charge >= 0.3 is 0 Å². The molecule has 0 aliphatic carbocycles. The van der Waals surface area contributed by atoms with E-state index in [1.54, 1.807) is 0 Å². The van der Waals surface area contributed by atoms with Gasteiger partial charge in [-0.1, -0.05) is 6.07 Å². The van der Waals surface area contributed by atoms with Gasteiger partial charge in [0.25, 0.3) is 0 Å². The third kappa shape index (κ3) is 2.49. The van der Waals surface area contributed by atoms with Crippen molar-refractivity contribution in [3.63, 3.8) is 0 Å². The van der Waals surface area contributed by atoms with Crippen molar-refractivity contribution in [2.75, 3.05) is 26.2 Å². The number of nitrogens with zero attached hydrogens (tertiary/aromatic N) is 2. The Morgan fingerprint density at radius 3 is 2.95 bits per heavy atom. The molecule has 1 aliphatic heterocycles. The van der Waals surface area contributed by atoms with Crippen LogP contribution in [0.5, 0.6) is 0 Å². The Kier molecular flexibility index (Phi) is 3.50. The molecule has 5 nitrogen and oxygen atoms in total. The summed E-state index contributed by atoms with van der Waals surface area (Å²) in [6.45, 7) is 6.38. The van der Waals surface area contributed by atoms with Crippen LogP contribution in [-0.4, -0.2) is 42.1 Å². The van der Waals surface area contributed by atoms with Crippen molar-refractivity contribution in [2.24, 2.45) is 5.73 Å². The van der Waals surface area contributed by atoms with Crippen molar-refractivity contribution in [1.82, 2.24) is 15.2 Å². The maximum Gasteiger partial charge on any atom is 0.181 e. The quantitative estimate of drug-likeness (QED) is 0.865. The number of piperazine rings is 1. The number of fused-ring (bicyclic) bond motifs is 1. The van der Waals surface area contributed by atoms with E-state index in [0.29, 0.717) is 6.04 Å². The van der Waals surface area contributed by atoms with Gasteiger partial charge in [0.2, 0.25) is 0 Å². The summed E-state index contributed by atoms with van der Waals surface area (Å²) in [5.41, 5.74) is 9.20. The summed E-state index contributed by atoms with van der Waals surface area (Å²) < 4.78 is 5.34. The Labute approximate surface area is 112 Å². The summed E-state index contributed by atoms with van der Waals surface area (Å²) in [5, 5.41) is 3.36. The van der Waals surface area contributed by atoms with Crippen LogP contribution in [0.15, 0.2) is 29.0 Å². The minimum absolute atomic E-state index is 0.00685. The van der Waals surface area contributed by atoms with Crippen LogP contribution in [0.4, 0.5) is 0 Å². The molecule has 0 amide bonds. The topological polar surface area (TPSA) is 67.3 Å². The molecule has 1 fully saturated rings. The third-order valence-electron chi connectivity index (χ3n) is 3.99. The molecule has 0 saturated carbocycles. The number of hydrogen-bond donors (Lipinski definition) is 2. The predicted molar refractivity (Wildman–Crippen MR) is 74.8 cm³/mol. The Bertz CT molecular complexity index is 547. The fraction of sp³-hybridized carbons (Fsp3) is 0.500. The lowest BCUT2D eigenvalue weighted by atomic mass is 9.99. The molecular formula is C14H20N4O. The number of rotatable bonds is 3. The van der Waals surface area contributed by atoms with Crippen LogP contribution in [0.25, 0.3) is 11.1 Å². The van der Waals surface area contributed by atoms with Crippen LogP contribution < -0.4 is 11.1 Å². The largest absolute Gasteiger partial charge is 0.443 e. The highest BCUT2D eigenvalue weighted by Crippen LogP contribution is 2.22.